The average molecular weight is 250 g/mol. The molecule has 100 valence electrons. The first-order valence-electron chi connectivity index (χ1n) is 6.35. The summed E-state index contributed by atoms with van der Waals surface area (Å²) in [7, 11) is 4.30. The summed E-state index contributed by atoms with van der Waals surface area (Å²) in [6, 6.07) is 0.650. The van der Waals surface area contributed by atoms with Crippen LogP contribution in [0.25, 0.3) is 0 Å². The molecule has 0 spiro atoms. The van der Waals surface area contributed by atoms with Gasteiger partial charge in [-0.05, 0) is 33.5 Å². The largest absolute Gasteiger partial charge is 0.307 e. The fraction of sp³-hybridized carbons (Fsp3) is 0.667. The molecule has 0 aliphatic carbocycles. The number of nitrogens with zero attached hydrogens (tertiary/aromatic N) is 4. The maximum absolute atomic E-state index is 5.27. The third-order valence-corrected chi connectivity index (χ3v) is 3.45. The van der Waals surface area contributed by atoms with Crippen LogP contribution in [0.1, 0.15) is 18.5 Å². The molecule has 2 heterocycles. The van der Waals surface area contributed by atoms with E-state index in [0.29, 0.717) is 11.9 Å². The van der Waals surface area contributed by atoms with Crippen molar-refractivity contribution in [3.05, 3.63) is 18.1 Å². The predicted molar refractivity (Wildman–Crippen MR) is 71.8 cm³/mol. The van der Waals surface area contributed by atoms with E-state index < -0.39 is 0 Å². The van der Waals surface area contributed by atoms with Crippen molar-refractivity contribution in [3.8, 4) is 0 Å². The molecule has 6 nitrogen and oxygen atoms in total. The third-order valence-electron chi connectivity index (χ3n) is 3.45. The van der Waals surface area contributed by atoms with E-state index in [1.54, 1.807) is 12.4 Å². The van der Waals surface area contributed by atoms with Crippen LogP contribution in [0.15, 0.2) is 12.4 Å². The van der Waals surface area contributed by atoms with Gasteiger partial charge < -0.3 is 10.3 Å². The van der Waals surface area contributed by atoms with E-state index in [9.17, 15) is 0 Å². The van der Waals surface area contributed by atoms with Gasteiger partial charge in [0.2, 0.25) is 0 Å². The highest BCUT2D eigenvalue weighted by Crippen LogP contribution is 2.15. The standard InChI is InChI=1S/C12H22N6/c1-17(2)11-4-3-5-18(9-11)8-10-6-15-12(16-13)7-14-10/h6-7,11H,3-5,8-9,13H2,1-2H3,(H,15,16). The molecule has 1 saturated heterocycles. The molecule has 1 aliphatic rings. The van der Waals surface area contributed by atoms with E-state index in [4.69, 9.17) is 5.84 Å². The number of nitrogen functional groups attached to an aromatic ring is 1. The first kappa shape index (κ1) is 13.2. The molecule has 0 amide bonds. The van der Waals surface area contributed by atoms with Crippen molar-refractivity contribution in [1.29, 1.82) is 0 Å². The minimum Gasteiger partial charge on any atom is -0.307 e. The van der Waals surface area contributed by atoms with Gasteiger partial charge in [-0.1, -0.05) is 0 Å². The maximum atomic E-state index is 5.27. The third kappa shape index (κ3) is 3.38. The van der Waals surface area contributed by atoms with E-state index in [2.05, 4.69) is 39.3 Å². The van der Waals surface area contributed by atoms with Crippen LogP contribution in [-0.4, -0.2) is 53.0 Å². The van der Waals surface area contributed by atoms with Crippen LogP contribution in [0, 0.1) is 0 Å². The van der Waals surface area contributed by atoms with Gasteiger partial charge in [0.1, 0.15) is 0 Å². The zero-order chi connectivity index (χ0) is 13.0. The summed E-state index contributed by atoms with van der Waals surface area (Å²) in [5, 5.41) is 0. The highest BCUT2D eigenvalue weighted by Gasteiger charge is 2.21. The predicted octanol–water partition coefficient (Wildman–Crippen LogP) is 0.288. The number of hydrogen-bond donors (Lipinski definition) is 2. The lowest BCUT2D eigenvalue weighted by molar-refractivity contribution is 0.127. The summed E-state index contributed by atoms with van der Waals surface area (Å²) in [6.07, 6.45) is 5.99. The number of likely N-dealkylation sites (N-methyl/N-ethyl adjacent to an activating group) is 1. The summed E-state index contributed by atoms with van der Waals surface area (Å²) >= 11 is 0. The van der Waals surface area contributed by atoms with Crippen molar-refractivity contribution < 1.29 is 0 Å². The first-order chi connectivity index (χ1) is 8.69. The number of piperidine rings is 1. The van der Waals surface area contributed by atoms with Gasteiger partial charge in [0.05, 0.1) is 18.1 Å². The van der Waals surface area contributed by atoms with Gasteiger partial charge >= 0.3 is 0 Å². The van der Waals surface area contributed by atoms with Crippen LogP contribution in [0.3, 0.4) is 0 Å². The number of hydrazine groups is 1. The topological polar surface area (TPSA) is 70.3 Å². The zero-order valence-corrected chi connectivity index (χ0v) is 11.1. The summed E-state index contributed by atoms with van der Waals surface area (Å²) in [6.45, 7) is 3.11. The molecule has 18 heavy (non-hydrogen) atoms. The molecular formula is C12H22N6. The van der Waals surface area contributed by atoms with E-state index in [-0.39, 0.29) is 0 Å². The SMILES string of the molecule is CN(C)C1CCCN(Cc2cnc(NN)cn2)C1. The van der Waals surface area contributed by atoms with Crippen LogP contribution in [0.5, 0.6) is 0 Å². The molecule has 6 heteroatoms. The normalized spacial score (nSPS) is 21.2. The Hall–Kier alpha value is -1.24. The van der Waals surface area contributed by atoms with E-state index in [0.717, 1.165) is 25.3 Å². The van der Waals surface area contributed by atoms with Crippen LogP contribution >= 0.6 is 0 Å². The number of aromatic nitrogens is 2. The molecule has 0 radical (unpaired) electrons. The molecule has 2 rings (SSSR count). The first-order valence-corrected chi connectivity index (χ1v) is 6.35. The van der Waals surface area contributed by atoms with Gasteiger partial charge in [-0.2, -0.15) is 0 Å². The van der Waals surface area contributed by atoms with Crippen molar-refractivity contribution in [2.45, 2.75) is 25.4 Å². The second-order valence-corrected chi connectivity index (χ2v) is 5.03. The number of nitrogens with one attached hydrogen (secondary N) is 1. The lowest BCUT2D eigenvalue weighted by Gasteiger charge is -2.35. The Labute approximate surface area is 108 Å². The Kier molecular flexibility index (Phi) is 4.46. The maximum Gasteiger partial charge on any atom is 0.158 e. The fourth-order valence-corrected chi connectivity index (χ4v) is 2.34. The Morgan fingerprint density at radius 3 is 2.89 bits per heavy atom. The number of likely N-dealkylation sites (tertiary alicyclic amines) is 1. The quantitative estimate of drug-likeness (QED) is 0.591. The summed E-state index contributed by atoms with van der Waals surface area (Å²) in [5.41, 5.74) is 3.48. The Bertz CT molecular complexity index is 363. The van der Waals surface area contributed by atoms with E-state index >= 15 is 0 Å². The zero-order valence-electron chi connectivity index (χ0n) is 11.1. The molecule has 1 aromatic rings. The number of nitrogens with two attached hydrogens (primary N) is 1. The average Bonchev–Trinajstić information content (AvgIpc) is 2.40. The monoisotopic (exact) mass is 250 g/mol. The molecular weight excluding hydrogens is 228 g/mol. The van der Waals surface area contributed by atoms with E-state index in [1.165, 1.54) is 12.8 Å². The summed E-state index contributed by atoms with van der Waals surface area (Å²) < 4.78 is 0. The van der Waals surface area contributed by atoms with Gasteiger partial charge in [-0.15, -0.1) is 0 Å². The molecule has 1 unspecified atom stereocenters. The summed E-state index contributed by atoms with van der Waals surface area (Å²) in [5.74, 6) is 5.87. The minimum absolute atomic E-state index is 0.601. The molecule has 0 bridgehead atoms. The van der Waals surface area contributed by atoms with Crippen molar-refractivity contribution in [2.24, 2.45) is 5.84 Å². The van der Waals surface area contributed by atoms with Gasteiger partial charge in [0.25, 0.3) is 0 Å². The number of hydrogen-bond acceptors (Lipinski definition) is 6. The van der Waals surface area contributed by atoms with Gasteiger partial charge in [-0.3, -0.25) is 9.88 Å². The second kappa shape index (κ2) is 6.08. The van der Waals surface area contributed by atoms with Crippen LogP contribution in [0.2, 0.25) is 0 Å². The van der Waals surface area contributed by atoms with Crippen LogP contribution in [-0.2, 0) is 6.54 Å². The smallest absolute Gasteiger partial charge is 0.158 e. The summed E-state index contributed by atoms with van der Waals surface area (Å²) in [4.78, 5) is 13.3. The van der Waals surface area contributed by atoms with Crippen molar-refractivity contribution >= 4 is 5.82 Å². The minimum atomic E-state index is 0.601. The molecule has 1 aliphatic heterocycles. The molecule has 0 aromatic carbocycles. The van der Waals surface area contributed by atoms with Gasteiger partial charge in [0, 0.05) is 19.1 Å². The molecule has 1 aromatic heterocycles. The Balaban J connectivity index is 1.91. The lowest BCUT2D eigenvalue weighted by atomic mass is 10.0. The Morgan fingerprint density at radius 1 is 1.44 bits per heavy atom. The van der Waals surface area contributed by atoms with Crippen molar-refractivity contribution in [3.63, 3.8) is 0 Å². The van der Waals surface area contributed by atoms with Crippen LogP contribution < -0.4 is 11.3 Å². The van der Waals surface area contributed by atoms with Crippen LogP contribution in [0.4, 0.5) is 5.82 Å². The molecule has 1 fully saturated rings. The van der Waals surface area contributed by atoms with Crippen molar-refractivity contribution in [1.82, 2.24) is 19.8 Å². The molecule has 1 atom stereocenters. The number of rotatable bonds is 4. The highest BCUT2D eigenvalue weighted by atomic mass is 15.3. The van der Waals surface area contributed by atoms with E-state index in [1.807, 2.05) is 0 Å². The highest BCUT2D eigenvalue weighted by molar-refractivity contribution is 5.28. The molecule has 0 saturated carbocycles. The van der Waals surface area contributed by atoms with Gasteiger partial charge in [-0.25, -0.2) is 10.8 Å². The lowest BCUT2D eigenvalue weighted by Crippen LogP contribution is -2.44. The molecule has 3 N–H and O–H groups in total. The van der Waals surface area contributed by atoms with Crippen molar-refractivity contribution in [2.75, 3.05) is 32.6 Å². The second-order valence-electron chi connectivity index (χ2n) is 5.03. The van der Waals surface area contributed by atoms with Gasteiger partial charge in [0.15, 0.2) is 5.82 Å². The Morgan fingerprint density at radius 2 is 2.28 bits per heavy atom. The number of anilines is 1. The fourth-order valence-electron chi connectivity index (χ4n) is 2.34.